The van der Waals surface area contributed by atoms with Crippen LogP contribution >= 0.6 is 0 Å². The number of anilines is 1. The molecule has 0 aliphatic carbocycles. The molecular formula is C27H32N2O4Si. The maximum Gasteiger partial charge on any atom is 0.240 e. The van der Waals surface area contributed by atoms with Crippen LogP contribution in [-0.4, -0.2) is 38.4 Å². The van der Waals surface area contributed by atoms with Gasteiger partial charge in [-0.1, -0.05) is 51.1 Å². The number of hydrogen-bond donors (Lipinski definition) is 0. The number of fused-ring (bicyclic) bond motifs is 6. The van der Waals surface area contributed by atoms with Crippen LogP contribution in [0.2, 0.25) is 18.1 Å². The summed E-state index contributed by atoms with van der Waals surface area (Å²) in [5, 5.41) is 1.61. The van der Waals surface area contributed by atoms with Crippen molar-refractivity contribution in [3.63, 3.8) is 0 Å². The lowest BCUT2D eigenvalue weighted by molar-refractivity contribution is -0.128. The summed E-state index contributed by atoms with van der Waals surface area (Å²) < 4.78 is 12.8. The Hall–Kier alpha value is -2.53. The van der Waals surface area contributed by atoms with E-state index in [4.69, 9.17) is 15.7 Å². The van der Waals surface area contributed by atoms with Gasteiger partial charge < -0.3 is 9.16 Å². The van der Waals surface area contributed by atoms with Crippen LogP contribution in [0.1, 0.15) is 40.0 Å². The highest BCUT2D eigenvalue weighted by molar-refractivity contribution is 6.74. The third-order valence-corrected chi connectivity index (χ3v) is 13.1. The largest absolute Gasteiger partial charge is 0.417 e. The first kappa shape index (κ1) is 23.2. The van der Waals surface area contributed by atoms with E-state index in [0.717, 1.165) is 23.6 Å². The van der Waals surface area contributed by atoms with E-state index >= 15 is 0 Å². The average Bonchev–Trinajstić information content (AvgIpc) is 3.42. The van der Waals surface area contributed by atoms with Crippen molar-refractivity contribution in [3.05, 3.63) is 47.8 Å². The van der Waals surface area contributed by atoms with Crippen molar-refractivity contribution >= 4 is 42.3 Å². The molecular weight excluding hydrogens is 444 g/mol. The number of nitrogens with zero attached hydrogens (tertiary/aromatic N) is 2. The highest BCUT2D eigenvalue weighted by Crippen LogP contribution is 2.57. The molecule has 3 saturated heterocycles. The molecule has 0 radical (unpaired) electrons. The van der Waals surface area contributed by atoms with E-state index in [0.29, 0.717) is 24.4 Å². The third kappa shape index (κ3) is 3.27. The predicted molar refractivity (Wildman–Crippen MR) is 134 cm³/mol. The summed E-state index contributed by atoms with van der Waals surface area (Å²) in [6.07, 6.45) is 1.99. The fourth-order valence-corrected chi connectivity index (χ4v) is 6.78. The smallest absolute Gasteiger partial charge is 0.240 e. The number of carbonyl (C=O) groups excluding carboxylic acids is 2. The third-order valence-electron chi connectivity index (χ3n) is 8.59. The Morgan fingerprint density at radius 1 is 1.15 bits per heavy atom. The highest BCUT2D eigenvalue weighted by Gasteiger charge is 2.69. The molecule has 6 nitrogen and oxygen atoms in total. The molecule has 2 aromatic carbocycles. The molecule has 5 rings (SSSR count). The number of carbonyl (C=O) groups is 2. The Morgan fingerprint density at radius 2 is 1.85 bits per heavy atom. The van der Waals surface area contributed by atoms with Gasteiger partial charge in [-0.05, 0) is 54.2 Å². The zero-order chi connectivity index (χ0) is 24.5. The molecule has 178 valence electrons. The van der Waals surface area contributed by atoms with Crippen LogP contribution in [0, 0.1) is 18.4 Å². The minimum absolute atomic E-state index is 0.108. The highest BCUT2D eigenvalue weighted by atomic mass is 28.4. The summed E-state index contributed by atoms with van der Waals surface area (Å²) in [5.41, 5.74) is 0.451. The summed E-state index contributed by atoms with van der Waals surface area (Å²) >= 11 is 0. The van der Waals surface area contributed by atoms with Crippen LogP contribution in [0.5, 0.6) is 0 Å². The van der Waals surface area contributed by atoms with Gasteiger partial charge in [0.1, 0.15) is 0 Å². The number of rotatable bonds is 5. The maximum absolute atomic E-state index is 13.8. The second-order valence-electron chi connectivity index (χ2n) is 11.4. The van der Waals surface area contributed by atoms with Gasteiger partial charge in [-0.3, -0.25) is 9.59 Å². The first-order valence-electron chi connectivity index (χ1n) is 12.1. The molecule has 0 aromatic heterocycles. The molecule has 2 amide bonds. The summed E-state index contributed by atoms with van der Waals surface area (Å²) in [6, 6.07) is 10.9. The van der Waals surface area contributed by atoms with Gasteiger partial charge in [-0.25, -0.2) is 9.74 Å². The molecule has 3 aliphatic rings. The Kier molecular flexibility index (Phi) is 5.29. The number of hydrogen-bond acceptors (Lipinski definition) is 4. The first-order chi connectivity index (χ1) is 16.0. The molecule has 3 fully saturated rings. The van der Waals surface area contributed by atoms with Gasteiger partial charge in [0.25, 0.3) is 0 Å². The van der Waals surface area contributed by atoms with E-state index in [1.165, 1.54) is 4.90 Å². The van der Waals surface area contributed by atoms with Gasteiger partial charge in [-0.2, -0.15) is 0 Å². The zero-order valence-electron chi connectivity index (χ0n) is 20.6. The van der Waals surface area contributed by atoms with Gasteiger partial charge >= 0.3 is 0 Å². The van der Waals surface area contributed by atoms with Crippen molar-refractivity contribution in [2.24, 2.45) is 11.8 Å². The first-order valence-corrected chi connectivity index (χ1v) is 15.0. The minimum atomic E-state index is -1.92. The van der Waals surface area contributed by atoms with Crippen LogP contribution < -0.4 is 4.90 Å². The molecule has 0 saturated carbocycles. The van der Waals surface area contributed by atoms with E-state index in [9.17, 15) is 9.59 Å². The number of ether oxygens (including phenoxy) is 1. The Labute approximate surface area is 202 Å². The predicted octanol–water partition coefficient (Wildman–Crippen LogP) is 5.84. The van der Waals surface area contributed by atoms with Gasteiger partial charge in [0.15, 0.2) is 14.0 Å². The second-order valence-corrected chi connectivity index (χ2v) is 16.2. The van der Waals surface area contributed by atoms with Gasteiger partial charge in [-0.15, -0.1) is 0 Å². The topological polar surface area (TPSA) is 60.2 Å². The SMILES string of the molecule is [C-]#[N+]c1ccc(N2C(=O)[C@@H]3C4CCC(CCO[Si](C)(C)C(C)(C)C)(O4)[C@@H]3C2=O)c2ccccc12. The quantitative estimate of drug-likeness (QED) is 0.309. The van der Waals surface area contributed by atoms with Crippen LogP contribution in [0.4, 0.5) is 11.4 Å². The number of amides is 2. The van der Waals surface area contributed by atoms with Gasteiger partial charge in [0.2, 0.25) is 11.8 Å². The molecule has 2 unspecified atom stereocenters. The molecule has 2 aromatic rings. The van der Waals surface area contributed by atoms with Crippen LogP contribution in [0.25, 0.3) is 15.6 Å². The molecule has 0 N–H and O–H groups in total. The van der Waals surface area contributed by atoms with Crippen LogP contribution in [-0.2, 0) is 18.8 Å². The maximum atomic E-state index is 13.8. The van der Waals surface area contributed by atoms with E-state index < -0.39 is 25.8 Å². The summed E-state index contributed by atoms with van der Waals surface area (Å²) in [4.78, 5) is 32.5. The fraction of sp³-hybridized carbons (Fsp3) is 0.519. The molecule has 3 aliphatic heterocycles. The summed E-state index contributed by atoms with van der Waals surface area (Å²) in [7, 11) is -1.92. The zero-order valence-corrected chi connectivity index (χ0v) is 21.6. The number of benzene rings is 2. The van der Waals surface area contributed by atoms with Crippen LogP contribution in [0.3, 0.4) is 0 Å². The van der Waals surface area contributed by atoms with Crippen molar-refractivity contribution < 1.29 is 18.8 Å². The Bertz CT molecular complexity index is 1230. The van der Waals surface area contributed by atoms with E-state index in [2.05, 4.69) is 38.7 Å². The molecule has 4 atom stereocenters. The van der Waals surface area contributed by atoms with Gasteiger partial charge in [0.05, 0.1) is 35.8 Å². The molecule has 7 heteroatoms. The summed E-state index contributed by atoms with van der Waals surface area (Å²) in [6.45, 7) is 19.1. The summed E-state index contributed by atoms with van der Waals surface area (Å²) in [5.74, 6) is -1.26. The molecule has 2 bridgehead atoms. The standard InChI is InChI=1S/C27H32N2O4Si/c1-26(2,3)34(5,6)32-16-15-27-14-13-21(33-27)22-23(27)25(31)29(24(22)30)20-12-11-19(28-4)17-9-7-8-10-18(17)20/h7-12,21-23H,13-16H2,1-3,5-6H3/t21?,22-,23+,27?/m1/s1. The van der Waals surface area contributed by atoms with Gasteiger partial charge in [0, 0.05) is 6.61 Å². The Balaban J connectivity index is 1.46. The number of imide groups is 1. The minimum Gasteiger partial charge on any atom is -0.417 e. The molecule has 34 heavy (non-hydrogen) atoms. The lowest BCUT2D eigenvalue weighted by Gasteiger charge is -2.38. The van der Waals surface area contributed by atoms with E-state index in [-0.39, 0.29) is 23.0 Å². The van der Waals surface area contributed by atoms with Crippen molar-refractivity contribution in [1.82, 2.24) is 0 Å². The van der Waals surface area contributed by atoms with E-state index in [1.54, 1.807) is 12.1 Å². The molecule has 0 spiro atoms. The van der Waals surface area contributed by atoms with Crippen molar-refractivity contribution in [2.75, 3.05) is 11.5 Å². The van der Waals surface area contributed by atoms with Crippen LogP contribution in [0.15, 0.2) is 36.4 Å². The van der Waals surface area contributed by atoms with Crippen molar-refractivity contribution in [1.29, 1.82) is 0 Å². The van der Waals surface area contributed by atoms with E-state index in [1.807, 2.05) is 24.3 Å². The van der Waals surface area contributed by atoms with Crippen molar-refractivity contribution in [3.8, 4) is 0 Å². The Morgan fingerprint density at radius 3 is 2.53 bits per heavy atom. The fourth-order valence-electron chi connectivity index (χ4n) is 5.74. The molecule has 3 heterocycles. The second kappa shape index (κ2) is 7.74. The lowest BCUT2D eigenvalue weighted by atomic mass is 9.71. The van der Waals surface area contributed by atoms with Crippen molar-refractivity contribution in [2.45, 2.75) is 69.9 Å². The lowest BCUT2D eigenvalue weighted by Crippen LogP contribution is -2.45. The average molecular weight is 477 g/mol. The normalized spacial score (nSPS) is 28.6. The monoisotopic (exact) mass is 476 g/mol.